The summed E-state index contributed by atoms with van der Waals surface area (Å²) in [7, 11) is 0. The molecule has 2 aromatic carbocycles. The van der Waals surface area contributed by atoms with Crippen LogP contribution in [-0.4, -0.2) is 27.0 Å². The van der Waals surface area contributed by atoms with Gasteiger partial charge in [-0.1, -0.05) is 23.8 Å². The fourth-order valence-corrected chi connectivity index (χ4v) is 3.37. The van der Waals surface area contributed by atoms with E-state index in [1.807, 2.05) is 19.1 Å². The van der Waals surface area contributed by atoms with E-state index in [4.69, 9.17) is 4.42 Å². The first-order valence-electron chi connectivity index (χ1n) is 8.96. The number of nitrogens with zero attached hydrogens (tertiary/aromatic N) is 4. The smallest absolute Gasteiger partial charge is 0.266 e. The average Bonchev–Trinajstić information content (AvgIpc) is 3.34. The van der Waals surface area contributed by atoms with Crippen LogP contribution in [-0.2, 0) is 0 Å². The molecule has 2 amide bonds. The van der Waals surface area contributed by atoms with Crippen molar-refractivity contribution >= 4 is 17.5 Å². The van der Waals surface area contributed by atoms with Crippen molar-refractivity contribution in [1.82, 2.24) is 15.2 Å². The van der Waals surface area contributed by atoms with Gasteiger partial charge in [0.1, 0.15) is 0 Å². The molecule has 5 rings (SSSR count). The van der Waals surface area contributed by atoms with Crippen LogP contribution in [0, 0.1) is 6.92 Å². The third kappa shape index (κ3) is 2.71. The number of imide groups is 1. The summed E-state index contributed by atoms with van der Waals surface area (Å²) < 4.78 is 5.86. The molecule has 7 heteroatoms. The van der Waals surface area contributed by atoms with Gasteiger partial charge in [-0.3, -0.25) is 14.6 Å². The molecule has 0 aliphatic carbocycles. The Kier molecular flexibility index (Phi) is 3.80. The fraction of sp³-hybridized carbons (Fsp3) is 0.0455. The minimum Gasteiger partial charge on any atom is -0.416 e. The number of rotatable bonds is 3. The van der Waals surface area contributed by atoms with Crippen LogP contribution in [0.4, 0.5) is 5.69 Å². The molecule has 0 fully saturated rings. The fourth-order valence-electron chi connectivity index (χ4n) is 3.37. The van der Waals surface area contributed by atoms with Gasteiger partial charge >= 0.3 is 0 Å². The van der Waals surface area contributed by atoms with Crippen LogP contribution in [0.1, 0.15) is 26.3 Å². The minimum atomic E-state index is -0.371. The molecule has 4 aromatic rings. The van der Waals surface area contributed by atoms with Crippen LogP contribution in [0.2, 0.25) is 0 Å². The Morgan fingerprint density at radius 1 is 0.793 bits per heavy atom. The van der Waals surface area contributed by atoms with Crippen molar-refractivity contribution in [2.75, 3.05) is 4.90 Å². The van der Waals surface area contributed by atoms with Gasteiger partial charge in [0.05, 0.1) is 22.4 Å². The Balaban J connectivity index is 1.62. The molecule has 1 aliphatic heterocycles. The number of carbonyl (C=O) groups excluding carboxylic acids is 2. The van der Waals surface area contributed by atoms with E-state index < -0.39 is 0 Å². The maximum Gasteiger partial charge on any atom is 0.266 e. The maximum absolute atomic E-state index is 12.9. The summed E-state index contributed by atoms with van der Waals surface area (Å²) in [6.45, 7) is 1.91. The van der Waals surface area contributed by atoms with Crippen molar-refractivity contribution in [3.63, 3.8) is 0 Å². The number of anilines is 1. The number of benzene rings is 2. The number of pyridine rings is 1. The van der Waals surface area contributed by atoms with Crippen LogP contribution >= 0.6 is 0 Å². The standard InChI is InChI=1S/C22H14N4O3/c1-13-6-7-18(26-21(27)15-4-2-3-5-16(15)22(26)28)17(12-13)20-25-24-19(29-20)14-8-10-23-11-9-14/h2-12H,1H3. The van der Waals surface area contributed by atoms with E-state index in [2.05, 4.69) is 15.2 Å². The molecule has 7 nitrogen and oxygen atoms in total. The first-order chi connectivity index (χ1) is 14.1. The minimum absolute atomic E-state index is 0.229. The summed E-state index contributed by atoms with van der Waals surface area (Å²) in [6.07, 6.45) is 3.27. The van der Waals surface area contributed by atoms with Gasteiger partial charge in [0.25, 0.3) is 11.8 Å². The molecule has 2 aromatic heterocycles. The van der Waals surface area contributed by atoms with Gasteiger partial charge in [0.2, 0.25) is 11.8 Å². The molecule has 0 saturated carbocycles. The quantitative estimate of drug-likeness (QED) is 0.499. The SMILES string of the molecule is Cc1ccc(N2C(=O)c3ccccc3C2=O)c(-c2nnc(-c3ccncc3)o2)c1. The van der Waals surface area contributed by atoms with E-state index >= 15 is 0 Å². The first kappa shape index (κ1) is 17.0. The molecule has 0 atom stereocenters. The van der Waals surface area contributed by atoms with Gasteiger partial charge in [-0.15, -0.1) is 10.2 Å². The Morgan fingerprint density at radius 3 is 2.14 bits per heavy atom. The second kappa shape index (κ2) is 6.49. The highest BCUT2D eigenvalue weighted by Gasteiger charge is 2.38. The van der Waals surface area contributed by atoms with Gasteiger partial charge in [-0.05, 0) is 43.3 Å². The molecule has 1 aliphatic rings. The van der Waals surface area contributed by atoms with Crippen molar-refractivity contribution in [3.05, 3.63) is 83.7 Å². The highest BCUT2D eigenvalue weighted by Crippen LogP contribution is 2.37. The largest absolute Gasteiger partial charge is 0.416 e. The first-order valence-corrected chi connectivity index (χ1v) is 8.96. The third-order valence-electron chi connectivity index (χ3n) is 4.77. The highest BCUT2D eigenvalue weighted by molar-refractivity contribution is 6.35. The van der Waals surface area contributed by atoms with Crippen molar-refractivity contribution in [1.29, 1.82) is 0 Å². The zero-order chi connectivity index (χ0) is 20.0. The second-order valence-corrected chi connectivity index (χ2v) is 6.66. The molecule has 0 N–H and O–H groups in total. The van der Waals surface area contributed by atoms with Crippen molar-refractivity contribution < 1.29 is 14.0 Å². The molecular formula is C22H14N4O3. The third-order valence-corrected chi connectivity index (χ3v) is 4.77. The molecule has 140 valence electrons. The predicted octanol–water partition coefficient (Wildman–Crippen LogP) is 3.91. The van der Waals surface area contributed by atoms with E-state index in [9.17, 15) is 9.59 Å². The number of amides is 2. The summed E-state index contributed by atoms with van der Waals surface area (Å²) in [6, 6.07) is 15.7. The average molecular weight is 382 g/mol. The van der Waals surface area contributed by atoms with Gasteiger partial charge in [-0.2, -0.15) is 0 Å². The number of hydrogen-bond acceptors (Lipinski definition) is 6. The summed E-state index contributed by atoms with van der Waals surface area (Å²) in [4.78, 5) is 31.0. The monoisotopic (exact) mass is 382 g/mol. The molecule has 0 radical (unpaired) electrons. The van der Waals surface area contributed by atoms with E-state index in [0.29, 0.717) is 28.3 Å². The lowest BCUT2D eigenvalue weighted by atomic mass is 10.1. The molecule has 0 bridgehead atoms. The van der Waals surface area contributed by atoms with E-state index in [0.717, 1.165) is 16.0 Å². The Bertz CT molecular complexity index is 1230. The zero-order valence-corrected chi connectivity index (χ0v) is 15.4. The van der Waals surface area contributed by atoms with Crippen molar-refractivity contribution in [2.45, 2.75) is 6.92 Å². The van der Waals surface area contributed by atoms with Crippen molar-refractivity contribution in [2.24, 2.45) is 0 Å². The highest BCUT2D eigenvalue weighted by atomic mass is 16.4. The van der Waals surface area contributed by atoms with Crippen LogP contribution < -0.4 is 4.90 Å². The summed E-state index contributed by atoms with van der Waals surface area (Å²) >= 11 is 0. The normalized spacial score (nSPS) is 13.1. The van der Waals surface area contributed by atoms with Gasteiger partial charge in [-0.25, -0.2) is 4.90 Å². The number of hydrogen-bond donors (Lipinski definition) is 0. The number of aryl methyl sites for hydroxylation is 1. The maximum atomic E-state index is 12.9. The Hall–Kier alpha value is -4.13. The Morgan fingerprint density at radius 2 is 1.45 bits per heavy atom. The molecule has 29 heavy (non-hydrogen) atoms. The van der Waals surface area contributed by atoms with Gasteiger partial charge < -0.3 is 4.42 Å². The van der Waals surface area contributed by atoms with Crippen LogP contribution in [0.25, 0.3) is 22.9 Å². The second-order valence-electron chi connectivity index (χ2n) is 6.66. The predicted molar refractivity (Wildman–Crippen MR) is 105 cm³/mol. The number of fused-ring (bicyclic) bond motifs is 1. The topological polar surface area (TPSA) is 89.2 Å². The molecule has 3 heterocycles. The molecule has 0 unspecified atom stereocenters. The lowest BCUT2D eigenvalue weighted by molar-refractivity contribution is 0.0926. The van der Waals surface area contributed by atoms with Crippen LogP contribution in [0.5, 0.6) is 0 Å². The Labute approximate surface area is 165 Å². The molecular weight excluding hydrogens is 368 g/mol. The summed E-state index contributed by atoms with van der Waals surface area (Å²) in [5, 5.41) is 8.25. The zero-order valence-electron chi connectivity index (χ0n) is 15.4. The van der Waals surface area contributed by atoms with E-state index in [1.165, 1.54) is 0 Å². The molecule has 0 spiro atoms. The van der Waals surface area contributed by atoms with Crippen LogP contribution in [0.15, 0.2) is 71.4 Å². The number of aromatic nitrogens is 3. The lowest BCUT2D eigenvalue weighted by Crippen LogP contribution is -2.29. The van der Waals surface area contributed by atoms with Gasteiger partial charge in [0, 0.05) is 18.0 Å². The lowest BCUT2D eigenvalue weighted by Gasteiger charge is -2.17. The van der Waals surface area contributed by atoms with Gasteiger partial charge in [0.15, 0.2) is 0 Å². The summed E-state index contributed by atoms with van der Waals surface area (Å²) in [5.41, 5.74) is 3.36. The summed E-state index contributed by atoms with van der Waals surface area (Å²) in [5.74, 6) is -0.182. The number of carbonyl (C=O) groups is 2. The van der Waals surface area contributed by atoms with Crippen LogP contribution in [0.3, 0.4) is 0 Å². The van der Waals surface area contributed by atoms with Crippen molar-refractivity contribution in [3.8, 4) is 22.9 Å². The van der Waals surface area contributed by atoms with E-state index in [1.54, 1.807) is 54.9 Å². The molecule has 0 saturated heterocycles. The van der Waals surface area contributed by atoms with E-state index in [-0.39, 0.29) is 17.7 Å².